The van der Waals surface area contributed by atoms with Gasteiger partial charge >= 0.3 is 0 Å². The lowest BCUT2D eigenvalue weighted by molar-refractivity contribution is 0.419. The summed E-state index contributed by atoms with van der Waals surface area (Å²) in [6.45, 7) is 1.92. The number of halogens is 2. The predicted octanol–water partition coefficient (Wildman–Crippen LogP) is 4.41. The SMILES string of the molecule is COc1ccc(C)c2c(Cl)nc(-c3ccccc3F)nc12. The van der Waals surface area contributed by atoms with Crippen molar-refractivity contribution in [2.24, 2.45) is 0 Å². The number of aryl methyl sites for hydroxylation is 1. The first-order chi connectivity index (χ1) is 10.1. The molecule has 1 aromatic heterocycles. The molecule has 0 aliphatic rings. The third-order valence-corrected chi connectivity index (χ3v) is 3.59. The van der Waals surface area contributed by atoms with Gasteiger partial charge in [0, 0.05) is 5.39 Å². The Morgan fingerprint density at radius 3 is 2.57 bits per heavy atom. The maximum atomic E-state index is 13.9. The first-order valence-corrected chi connectivity index (χ1v) is 6.75. The van der Waals surface area contributed by atoms with E-state index >= 15 is 0 Å². The Hall–Kier alpha value is -2.20. The minimum absolute atomic E-state index is 0.245. The first-order valence-electron chi connectivity index (χ1n) is 6.37. The van der Waals surface area contributed by atoms with Gasteiger partial charge in [-0.1, -0.05) is 29.8 Å². The molecule has 0 radical (unpaired) electrons. The third-order valence-electron chi connectivity index (χ3n) is 3.31. The van der Waals surface area contributed by atoms with Crippen LogP contribution in [-0.4, -0.2) is 17.1 Å². The Labute approximate surface area is 126 Å². The molecule has 0 bridgehead atoms. The highest BCUT2D eigenvalue weighted by Gasteiger charge is 2.15. The van der Waals surface area contributed by atoms with Gasteiger partial charge in [0.1, 0.15) is 22.2 Å². The molecule has 0 spiro atoms. The summed E-state index contributed by atoms with van der Waals surface area (Å²) in [5.41, 5.74) is 1.83. The quantitative estimate of drug-likeness (QED) is 0.658. The average molecular weight is 303 g/mol. The number of hydrogen-bond acceptors (Lipinski definition) is 3. The molecule has 3 aromatic rings. The van der Waals surface area contributed by atoms with Crippen LogP contribution in [0.5, 0.6) is 5.75 Å². The van der Waals surface area contributed by atoms with Crippen LogP contribution in [0.4, 0.5) is 4.39 Å². The van der Waals surface area contributed by atoms with Crippen LogP contribution >= 0.6 is 11.6 Å². The van der Waals surface area contributed by atoms with E-state index in [1.165, 1.54) is 6.07 Å². The number of rotatable bonds is 2. The van der Waals surface area contributed by atoms with Crippen LogP contribution in [0.1, 0.15) is 5.56 Å². The van der Waals surface area contributed by atoms with Gasteiger partial charge in [0.05, 0.1) is 12.7 Å². The van der Waals surface area contributed by atoms with Gasteiger partial charge in [-0.25, -0.2) is 14.4 Å². The zero-order valence-electron chi connectivity index (χ0n) is 11.5. The van der Waals surface area contributed by atoms with Crippen LogP contribution in [0, 0.1) is 12.7 Å². The van der Waals surface area contributed by atoms with E-state index in [1.54, 1.807) is 25.3 Å². The number of aromatic nitrogens is 2. The van der Waals surface area contributed by atoms with Crippen LogP contribution in [0.3, 0.4) is 0 Å². The molecule has 0 aliphatic carbocycles. The number of benzene rings is 2. The molecular weight excluding hydrogens is 291 g/mol. The molecule has 2 aromatic carbocycles. The Kier molecular flexibility index (Phi) is 3.47. The molecule has 0 saturated carbocycles. The molecule has 0 aliphatic heterocycles. The molecular formula is C16H12ClFN2O. The second-order valence-corrected chi connectivity index (χ2v) is 4.98. The molecule has 5 heteroatoms. The zero-order chi connectivity index (χ0) is 15.0. The van der Waals surface area contributed by atoms with Gasteiger partial charge in [0.2, 0.25) is 0 Å². The minimum atomic E-state index is -0.389. The Morgan fingerprint density at radius 1 is 1.10 bits per heavy atom. The molecule has 106 valence electrons. The van der Waals surface area contributed by atoms with Gasteiger partial charge in [-0.3, -0.25) is 0 Å². The van der Waals surface area contributed by atoms with E-state index in [9.17, 15) is 4.39 Å². The summed E-state index contributed by atoms with van der Waals surface area (Å²) >= 11 is 6.27. The van der Waals surface area contributed by atoms with E-state index in [0.29, 0.717) is 16.8 Å². The lowest BCUT2D eigenvalue weighted by Crippen LogP contribution is -1.97. The first kappa shape index (κ1) is 13.8. The van der Waals surface area contributed by atoms with Gasteiger partial charge in [-0.2, -0.15) is 0 Å². The summed E-state index contributed by atoms with van der Waals surface area (Å²) in [7, 11) is 1.56. The van der Waals surface area contributed by atoms with Crippen molar-refractivity contribution in [2.45, 2.75) is 6.92 Å². The highest BCUT2D eigenvalue weighted by molar-refractivity contribution is 6.34. The minimum Gasteiger partial charge on any atom is -0.494 e. The fraction of sp³-hybridized carbons (Fsp3) is 0.125. The number of methoxy groups -OCH3 is 1. The second-order valence-electron chi connectivity index (χ2n) is 4.63. The van der Waals surface area contributed by atoms with E-state index in [1.807, 2.05) is 19.1 Å². The number of fused-ring (bicyclic) bond motifs is 1. The van der Waals surface area contributed by atoms with E-state index < -0.39 is 0 Å². The van der Waals surface area contributed by atoms with Gasteiger partial charge in [-0.05, 0) is 30.7 Å². The molecule has 0 unspecified atom stereocenters. The summed E-state index contributed by atoms with van der Waals surface area (Å²) in [6.07, 6.45) is 0. The number of hydrogen-bond donors (Lipinski definition) is 0. The normalized spacial score (nSPS) is 10.9. The van der Waals surface area contributed by atoms with Crippen molar-refractivity contribution in [2.75, 3.05) is 7.11 Å². The van der Waals surface area contributed by atoms with Crippen molar-refractivity contribution < 1.29 is 9.13 Å². The molecule has 3 nitrogen and oxygen atoms in total. The smallest absolute Gasteiger partial charge is 0.164 e. The molecule has 0 saturated heterocycles. The Morgan fingerprint density at radius 2 is 1.86 bits per heavy atom. The Balaban J connectivity index is 2.35. The van der Waals surface area contributed by atoms with Crippen molar-refractivity contribution in [3.63, 3.8) is 0 Å². The topological polar surface area (TPSA) is 35.0 Å². The van der Waals surface area contributed by atoms with Crippen molar-refractivity contribution in [3.8, 4) is 17.1 Å². The molecule has 0 N–H and O–H groups in total. The van der Waals surface area contributed by atoms with Crippen molar-refractivity contribution >= 4 is 22.5 Å². The van der Waals surface area contributed by atoms with Gasteiger partial charge < -0.3 is 4.74 Å². The fourth-order valence-corrected chi connectivity index (χ4v) is 2.57. The van der Waals surface area contributed by atoms with E-state index in [0.717, 1.165) is 10.9 Å². The molecule has 0 amide bonds. The van der Waals surface area contributed by atoms with E-state index in [4.69, 9.17) is 16.3 Å². The fourth-order valence-electron chi connectivity index (χ4n) is 2.25. The molecule has 3 rings (SSSR count). The van der Waals surface area contributed by atoms with E-state index in [-0.39, 0.29) is 16.8 Å². The highest BCUT2D eigenvalue weighted by atomic mass is 35.5. The molecule has 0 atom stereocenters. The third kappa shape index (κ3) is 2.32. The standard InChI is InChI=1S/C16H12ClFN2O/c1-9-7-8-12(21-2)14-13(9)15(17)20-16(19-14)10-5-3-4-6-11(10)18/h3-8H,1-2H3. The van der Waals surface area contributed by atoms with Crippen molar-refractivity contribution in [3.05, 3.63) is 52.9 Å². The lowest BCUT2D eigenvalue weighted by atomic mass is 10.1. The van der Waals surface area contributed by atoms with Crippen LogP contribution in [0.2, 0.25) is 5.15 Å². The highest BCUT2D eigenvalue weighted by Crippen LogP contribution is 2.33. The summed E-state index contributed by atoms with van der Waals surface area (Å²) in [4.78, 5) is 8.67. The lowest BCUT2D eigenvalue weighted by Gasteiger charge is -2.10. The summed E-state index contributed by atoms with van der Waals surface area (Å²) in [5.74, 6) is 0.437. The van der Waals surface area contributed by atoms with Crippen molar-refractivity contribution in [1.82, 2.24) is 9.97 Å². The molecule has 1 heterocycles. The van der Waals surface area contributed by atoms with Gasteiger partial charge in [-0.15, -0.1) is 0 Å². The predicted molar refractivity (Wildman–Crippen MR) is 81.2 cm³/mol. The average Bonchev–Trinajstić information content (AvgIpc) is 2.47. The van der Waals surface area contributed by atoms with E-state index in [2.05, 4.69) is 9.97 Å². The monoisotopic (exact) mass is 302 g/mol. The van der Waals surface area contributed by atoms with Gasteiger partial charge in [0.15, 0.2) is 5.82 Å². The summed E-state index contributed by atoms with van der Waals surface area (Å²) in [6, 6.07) is 10.0. The summed E-state index contributed by atoms with van der Waals surface area (Å²) in [5, 5.41) is 1.01. The summed E-state index contributed by atoms with van der Waals surface area (Å²) < 4.78 is 19.2. The van der Waals surface area contributed by atoms with Crippen LogP contribution in [0.25, 0.3) is 22.3 Å². The Bertz CT molecular complexity index is 836. The van der Waals surface area contributed by atoms with Crippen LogP contribution in [0.15, 0.2) is 36.4 Å². The van der Waals surface area contributed by atoms with Crippen molar-refractivity contribution in [1.29, 1.82) is 0 Å². The zero-order valence-corrected chi connectivity index (χ0v) is 12.3. The molecule has 21 heavy (non-hydrogen) atoms. The number of nitrogens with zero attached hydrogens (tertiary/aromatic N) is 2. The maximum Gasteiger partial charge on any atom is 0.164 e. The number of ether oxygens (including phenoxy) is 1. The largest absolute Gasteiger partial charge is 0.494 e. The second kappa shape index (κ2) is 5.30. The van der Waals surface area contributed by atoms with Gasteiger partial charge in [0.25, 0.3) is 0 Å². The van der Waals surface area contributed by atoms with Crippen LogP contribution in [-0.2, 0) is 0 Å². The maximum absolute atomic E-state index is 13.9. The van der Waals surface area contributed by atoms with Crippen LogP contribution < -0.4 is 4.74 Å². The molecule has 0 fully saturated rings.